The van der Waals surface area contributed by atoms with Gasteiger partial charge in [-0.25, -0.2) is 9.82 Å². The quantitative estimate of drug-likeness (QED) is 0.534. The van der Waals surface area contributed by atoms with Crippen molar-refractivity contribution in [3.05, 3.63) is 69.8 Å². The van der Waals surface area contributed by atoms with E-state index in [1.807, 2.05) is 24.3 Å². The van der Waals surface area contributed by atoms with E-state index < -0.39 is 0 Å². The average Bonchev–Trinajstić information content (AvgIpc) is 2.90. The largest absolute Gasteiger partial charge is 0.283 e. The van der Waals surface area contributed by atoms with Crippen LogP contribution in [0.1, 0.15) is 22.2 Å². The third kappa shape index (κ3) is 3.25. The Balaban J connectivity index is 1.81. The Labute approximate surface area is 141 Å². The molecule has 0 spiro atoms. The zero-order chi connectivity index (χ0) is 16.4. The lowest BCUT2D eigenvalue weighted by atomic mass is 10.1. The van der Waals surface area contributed by atoms with Gasteiger partial charge in [-0.15, -0.1) is 11.3 Å². The van der Waals surface area contributed by atoms with Crippen LogP contribution in [0, 0.1) is 5.82 Å². The monoisotopic (exact) mass is 346 g/mol. The van der Waals surface area contributed by atoms with Crippen molar-refractivity contribution in [2.24, 2.45) is 5.10 Å². The van der Waals surface area contributed by atoms with Crippen molar-refractivity contribution in [1.29, 1.82) is 0 Å². The van der Waals surface area contributed by atoms with E-state index in [9.17, 15) is 9.18 Å². The maximum Gasteiger partial charge on any atom is 0.283 e. The molecule has 6 heteroatoms. The van der Waals surface area contributed by atoms with Crippen molar-refractivity contribution in [2.75, 3.05) is 0 Å². The molecule has 1 heterocycles. The molecule has 0 aliphatic carbocycles. The second-order valence-corrected chi connectivity index (χ2v) is 6.32. The molecule has 0 aliphatic heterocycles. The Morgan fingerprint density at radius 3 is 2.57 bits per heavy atom. The lowest BCUT2D eigenvalue weighted by molar-refractivity contribution is 0.0959. The van der Waals surface area contributed by atoms with Crippen LogP contribution in [0.2, 0.25) is 5.02 Å². The highest BCUT2D eigenvalue weighted by molar-refractivity contribution is 7.21. The first-order valence-corrected chi connectivity index (χ1v) is 8.03. The van der Waals surface area contributed by atoms with Gasteiger partial charge in [0.1, 0.15) is 10.7 Å². The number of hydrogen-bond acceptors (Lipinski definition) is 3. The number of carbonyl (C=O) groups excluding carboxylic acids is 1. The first-order chi connectivity index (χ1) is 11.1. The number of hydrogen-bond donors (Lipinski definition) is 1. The van der Waals surface area contributed by atoms with Crippen LogP contribution in [0.5, 0.6) is 0 Å². The summed E-state index contributed by atoms with van der Waals surface area (Å²) in [4.78, 5) is 12.7. The SMILES string of the molecule is C/C(=N/NC(=O)c1sc2ccccc2c1Cl)c1ccc(F)cc1. The molecular weight excluding hydrogens is 335 g/mol. The summed E-state index contributed by atoms with van der Waals surface area (Å²) >= 11 is 7.58. The van der Waals surface area contributed by atoms with E-state index in [1.54, 1.807) is 19.1 Å². The number of benzene rings is 2. The maximum absolute atomic E-state index is 12.9. The molecule has 1 aromatic heterocycles. The molecule has 1 N–H and O–H groups in total. The number of nitrogens with zero attached hydrogens (tertiary/aromatic N) is 1. The molecule has 1 amide bonds. The Bertz CT molecular complexity index is 903. The third-order valence-corrected chi connectivity index (χ3v) is 5.00. The molecule has 3 nitrogen and oxygen atoms in total. The van der Waals surface area contributed by atoms with Crippen molar-refractivity contribution in [3.63, 3.8) is 0 Å². The van der Waals surface area contributed by atoms with Crippen LogP contribution in [0.3, 0.4) is 0 Å². The van der Waals surface area contributed by atoms with Crippen molar-refractivity contribution in [1.82, 2.24) is 5.43 Å². The number of nitrogens with one attached hydrogen (secondary N) is 1. The van der Waals surface area contributed by atoms with Gasteiger partial charge in [0.25, 0.3) is 5.91 Å². The van der Waals surface area contributed by atoms with Gasteiger partial charge in [-0.2, -0.15) is 5.10 Å². The number of fused-ring (bicyclic) bond motifs is 1. The smallest absolute Gasteiger partial charge is 0.266 e. The van der Waals surface area contributed by atoms with Gasteiger partial charge >= 0.3 is 0 Å². The van der Waals surface area contributed by atoms with Crippen LogP contribution in [-0.4, -0.2) is 11.6 Å². The molecule has 0 radical (unpaired) electrons. The van der Waals surface area contributed by atoms with Gasteiger partial charge in [0.05, 0.1) is 10.7 Å². The number of rotatable bonds is 3. The highest BCUT2D eigenvalue weighted by Gasteiger charge is 2.16. The molecule has 23 heavy (non-hydrogen) atoms. The summed E-state index contributed by atoms with van der Waals surface area (Å²) in [5, 5.41) is 5.33. The van der Waals surface area contributed by atoms with Gasteiger partial charge in [0.2, 0.25) is 0 Å². The molecule has 116 valence electrons. The molecule has 0 aliphatic rings. The van der Waals surface area contributed by atoms with E-state index in [2.05, 4.69) is 10.5 Å². The van der Waals surface area contributed by atoms with E-state index in [1.165, 1.54) is 23.5 Å². The topological polar surface area (TPSA) is 41.5 Å². The van der Waals surface area contributed by atoms with Crippen molar-refractivity contribution in [3.8, 4) is 0 Å². The fourth-order valence-corrected chi connectivity index (χ4v) is 3.51. The zero-order valence-corrected chi connectivity index (χ0v) is 13.7. The van der Waals surface area contributed by atoms with E-state index in [4.69, 9.17) is 11.6 Å². The van der Waals surface area contributed by atoms with Crippen molar-refractivity contribution in [2.45, 2.75) is 6.92 Å². The highest BCUT2D eigenvalue weighted by Crippen LogP contribution is 2.34. The summed E-state index contributed by atoms with van der Waals surface area (Å²) in [7, 11) is 0. The fraction of sp³-hybridized carbons (Fsp3) is 0.0588. The standard InChI is InChI=1S/C17H12ClFN2OS/c1-10(11-6-8-12(19)9-7-11)20-21-17(22)16-15(18)13-4-2-3-5-14(13)23-16/h2-9H,1H3,(H,21,22)/b20-10-. The fourth-order valence-electron chi connectivity index (χ4n) is 2.10. The minimum atomic E-state index is -0.363. The van der Waals surface area contributed by atoms with Crippen LogP contribution in [-0.2, 0) is 0 Å². The van der Waals surface area contributed by atoms with Crippen LogP contribution in [0.4, 0.5) is 4.39 Å². The van der Waals surface area contributed by atoms with Gasteiger partial charge in [-0.3, -0.25) is 4.79 Å². The summed E-state index contributed by atoms with van der Waals surface area (Å²) in [6.45, 7) is 1.74. The Morgan fingerprint density at radius 1 is 1.17 bits per heavy atom. The first kappa shape index (κ1) is 15.6. The second-order valence-electron chi connectivity index (χ2n) is 4.89. The van der Waals surface area contributed by atoms with Gasteiger partial charge in [-0.1, -0.05) is 41.9 Å². The molecule has 0 atom stereocenters. The van der Waals surface area contributed by atoms with E-state index in [-0.39, 0.29) is 11.7 Å². The lowest BCUT2D eigenvalue weighted by Crippen LogP contribution is -2.18. The second kappa shape index (κ2) is 6.48. The molecule has 0 bridgehead atoms. The number of hydrazone groups is 1. The Hall–Kier alpha value is -2.24. The molecular formula is C17H12ClFN2OS. The van der Waals surface area contributed by atoms with Gasteiger partial charge in [0.15, 0.2) is 0 Å². The Kier molecular flexibility index (Phi) is 4.41. The highest BCUT2D eigenvalue weighted by atomic mass is 35.5. The molecule has 2 aromatic carbocycles. The van der Waals surface area contributed by atoms with Gasteiger partial charge < -0.3 is 0 Å². The summed E-state index contributed by atoms with van der Waals surface area (Å²) in [6.07, 6.45) is 0. The molecule has 0 saturated heterocycles. The molecule has 0 fully saturated rings. The van der Waals surface area contributed by atoms with Gasteiger partial charge in [-0.05, 0) is 30.7 Å². The van der Waals surface area contributed by atoms with Crippen LogP contribution >= 0.6 is 22.9 Å². The summed E-state index contributed by atoms with van der Waals surface area (Å²) in [6, 6.07) is 13.5. The number of halogens is 2. The minimum absolute atomic E-state index is 0.317. The zero-order valence-electron chi connectivity index (χ0n) is 12.1. The predicted octanol–water partition coefficient (Wildman–Crippen LogP) is 4.85. The number of carbonyl (C=O) groups is 1. The van der Waals surface area contributed by atoms with Gasteiger partial charge in [0, 0.05) is 10.1 Å². The third-order valence-electron chi connectivity index (χ3n) is 3.33. The Morgan fingerprint density at radius 2 is 1.87 bits per heavy atom. The molecule has 0 saturated carbocycles. The summed E-state index contributed by atoms with van der Waals surface area (Å²) < 4.78 is 13.9. The summed E-state index contributed by atoms with van der Waals surface area (Å²) in [5.74, 6) is -0.680. The van der Waals surface area contributed by atoms with E-state index in [0.717, 1.165) is 15.6 Å². The van der Waals surface area contributed by atoms with Crippen LogP contribution in [0.25, 0.3) is 10.1 Å². The predicted molar refractivity (Wildman–Crippen MR) is 92.9 cm³/mol. The van der Waals surface area contributed by atoms with Crippen LogP contribution in [0.15, 0.2) is 53.6 Å². The first-order valence-electron chi connectivity index (χ1n) is 6.84. The molecule has 3 rings (SSSR count). The lowest BCUT2D eigenvalue weighted by Gasteiger charge is -2.02. The molecule has 0 unspecified atom stereocenters. The minimum Gasteiger partial charge on any atom is -0.266 e. The molecule has 3 aromatic rings. The van der Waals surface area contributed by atoms with Crippen molar-refractivity contribution >= 4 is 44.6 Å². The van der Waals surface area contributed by atoms with Crippen molar-refractivity contribution < 1.29 is 9.18 Å². The summed E-state index contributed by atoms with van der Waals surface area (Å²) in [5.41, 5.74) is 3.80. The number of amides is 1. The van der Waals surface area contributed by atoms with Crippen LogP contribution < -0.4 is 5.43 Å². The normalized spacial score (nSPS) is 11.7. The maximum atomic E-state index is 12.9. The van der Waals surface area contributed by atoms with E-state index >= 15 is 0 Å². The average molecular weight is 347 g/mol. The van der Waals surface area contributed by atoms with E-state index in [0.29, 0.717) is 15.6 Å². The number of thiophene rings is 1.